The maximum atomic E-state index is 12.1. The van der Waals surface area contributed by atoms with E-state index < -0.39 is 0 Å². The highest BCUT2D eigenvalue weighted by molar-refractivity contribution is 5.95. The van der Waals surface area contributed by atoms with Gasteiger partial charge in [-0.2, -0.15) is 0 Å². The van der Waals surface area contributed by atoms with E-state index in [1.165, 1.54) is 11.1 Å². The number of anilines is 2. The highest BCUT2D eigenvalue weighted by Gasteiger charge is 2.08. The Hall–Kier alpha value is -2.49. The van der Waals surface area contributed by atoms with Crippen molar-refractivity contribution >= 4 is 17.3 Å². The molecule has 2 rings (SSSR count). The number of rotatable bonds is 5. The summed E-state index contributed by atoms with van der Waals surface area (Å²) in [5.41, 5.74) is 5.13. The number of ether oxygens (including phenoxy) is 1. The Morgan fingerprint density at radius 2 is 1.82 bits per heavy atom. The fraction of sp³-hybridized carbons (Fsp3) is 0.278. The van der Waals surface area contributed by atoms with Gasteiger partial charge in [-0.25, -0.2) is 0 Å². The highest BCUT2D eigenvalue weighted by Crippen LogP contribution is 2.25. The minimum atomic E-state index is -0.109. The van der Waals surface area contributed by atoms with Crippen molar-refractivity contribution in [1.29, 1.82) is 0 Å². The van der Waals surface area contributed by atoms with Gasteiger partial charge in [0, 0.05) is 5.69 Å². The number of hydrogen-bond acceptors (Lipinski definition) is 3. The Kier molecular flexibility index (Phi) is 5.04. The van der Waals surface area contributed by atoms with Gasteiger partial charge < -0.3 is 15.4 Å². The Morgan fingerprint density at radius 1 is 1.05 bits per heavy atom. The zero-order valence-corrected chi connectivity index (χ0v) is 13.5. The van der Waals surface area contributed by atoms with E-state index in [0.717, 1.165) is 11.3 Å². The van der Waals surface area contributed by atoms with Crippen LogP contribution < -0.4 is 15.4 Å². The lowest BCUT2D eigenvalue weighted by atomic mass is 10.1. The Labute approximate surface area is 131 Å². The molecule has 0 unspecified atom stereocenters. The van der Waals surface area contributed by atoms with E-state index >= 15 is 0 Å². The van der Waals surface area contributed by atoms with E-state index in [4.69, 9.17) is 4.74 Å². The van der Waals surface area contributed by atoms with E-state index in [0.29, 0.717) is 11.4 Å². The molecule has 0 aliphatic carbocycles. The molecule has 2 aromatic carbocycles. The Balaban J connectivity index is 1.98. The molecule has 4 heteroatoms. The SMILES string of the molecule is COc1ccc(C)cc1NC(=O)CNc1ccc(C)c(C)c1. The molecule has 0 fully saturated rings. The molecule has 2 aromatic rings. The van der Waals surface area contributed by atoms with Gasteiger partial charge in [-0.15, -0.1) is 0 Å². The normalized spacial score (nSPS) is 10.2. The first-order valence-corrected chi connectivity index (χ1v) is 7.25. The van der Waals surface area contributed by atoms with Crippen LogP contribution >= 0.6 is 0 Å². The van der Waals surface area contributed by atoms with Crippen molar-refractivity contribution in [3.63, 3.8) is 0 Å². The molecule has 0 bridgehead atoms. The summed E-state index contributed by atoms with van der Waals surface area (Å²) in [5.74, 6) is 0.548. The topological polar surface area (TPSA) is 50.4 Å². The van der Waals surface area contributed by atoms with E-state index in [1.807, 2.05) is 43.3 Å². The summed E-state index contributed by atoms with van der Waals surface area (Å²) >= 11 is 0. The quantitative estimate of drug-likeness (QED) is 0.885. The average molecular weight is 298 g/mol. The number of nitrogens with one attached hydrogen (secondary N) is 2. The molecule has 116 valence electrons. The standard InChI is InChI=1S/C18H22N2O2/c1-12-5-8-17(22-4)16(9-12)20-18(21)11-19-15-7-6-13(2)14(3)10-15/h5-10,19H,11H2,1-4H3,(H,20,21). The lowest BCUT2D eigenvalue weighted by Crippen LogP contribution is -2.22. The maximum absolute atomic E-state index is 12.1. The first-order valence-electron chi connectivity index (χ1n) is 7.25. The third kappa shape index (κ3) is 4.01. The van der Waals surface area contributed by atoms with Gasteiger partial charge in [0.25, 0.3) is 0 Å². The van der Waals surface area contributed by atoms with Gasteiger partial charge in [-0.05, 0) is 61.7 Å². The molecule has 0 atom stereocenters. The molecule has 0 aliphatic rings. The maximum Gasteiger partial charge on any atom is 0.243 e. The third-order valence-corrected chi connectivity index (χ3v) is 3.59. The summed E-state index contributed by atoms with van der Waals surface area (Å²) in [4.78, 5) is 12.1. The minimum Gasteiger partial charge on any atom is -0.495 e. The van der Waals surface area contributed by atoms with Gasteiger partial charge in [-0.1, -0.05) is 12.1 Å². The molecule has 0 heterocycles. The van der Waals surface area contributed by atoms with Crippen molar-refractivity contribution in [3.8, 4) is 5.75 Å². The van der Waals surface area contributed by atoms with Crippen LogP contribution in [0, 0.1) is 20.8 Å². The fourth-order valence-electron chi connectivity index (χ4n) is 2.15. The molecule has 0 radical (unpaired) electrons. The van der Waals surface area contributed by atoms with Crippen LogP contribution in [0.4, 0.5) is 11.4 Å². The van der Waals surface area contributed by atoms with Gasteiger partial charge in [0.15, 0.2) is 0 Å². The second kappa shape index (κ2) is 6.98. The summed E-state index contributed by atoms with van der Waals surface area (Å²) in [6.45, 7) is 6.30. The number of amides is 1. The van der Waals surface area contributed by atoms with Crippen molar-refractivity contribution in [2.45, 2.75) is 20.8 Å². The van der Waals surface area contributed by atoms with E-state index in [9.17, 15) is 4.79 Å². The minimum absolute atomic E-state index is 0.109. The molecule has 0 aromatic heterocycles. The molecule has 2 N–H and O–H groups in total. The second-order valence-corrected chi connectivity index (χ2v) is 5.40. The first-order chi connectivity index (χ1) is 10.5. The van der Waals surface area contributed by atoms with Crippen LogP contribution in [0.25, 0.3) is 0 Å². The number of carbonyl (C=O) groups is 1. The van der Waals surface area contributed by atoms with Crippen LogP contribution in [0.3, 0.4) is 0 Å². The predicted molar refractivity (Wildman–Crippen MR) is 90.8 cm³/mol. The Morgan fingerprint density at radius 3 is 2.50 bits per heavy atom. The van der Waals surface area contributed by atoms with Crippen molar-refractivity contribution in [1.82, 2.24) is 0 Å². The largest absolute Gasteiger partial charge is 0.495 e. The predicted octanol–water partition coefficient (Wildman–Crippen LogP) is 3.67. The van der Waals surface area contributed by atoms with Crippen molar-refractivity contribution in [3.05, 3.63) is 53.1 Å². The van der Waals surface area contributed by atoms with Crippen LogP contribution in [-0.2, 0) is 4.79 Å². The first kappa shape index (κ1) is 15.9. The van der Waals surface area contributed by atoms with Crippen LogP contribution in [0.5, 0.6) is 5.75 Å². The van der Waals surface area contributed by atoms with E-state index in [-0.39, 0.29) is 12.5 Å². The molecule has 0 saturated carbocycles. The zero-order valence-electron chi connectivity index (χ0n) is 13.5. The lowest BCUT2D eigenvalue weighted by molar-refractivity contribution is -0.114. The van der Waals surface area contributed by atoms with E-state index in [1.54, 1.807) is 7.11 Å². The summed E-state index contributed by atoms with van der Waals surface area (Å²) < 4.78 is 5.26. The van der Waals surface area contributed by atoms with Crippen molar-refractivity contribution < 1.29 is 9.53 Å². The van der Waals surface area contributed by atoms with E-state index in [2.05, 4.69) is 24.5 Å². The van der Waals surface area contributed by atoms with Gasteiger partial charge >= 0.3 is 0 Å². The van der Waals surface area contributed by atoms with Gasteiger partial charge in [0.05, 0.1) is 19.3 Å². The summed E-state index contributed by atoms with van der Waals surface area (Å²) in [6.07, 6.45) is 0. The second-order valence-electron chi connectivity index (χ2n) is 5.40. The molecule has 0 saturated heterocycles. The molecular weight excluding hydrogens is 276 g/mol. The zero-order chi connectivity index (χ0) is 16.1. The number of aryl methyl sites for hydroxylation is 3. The van der Waals surface area contributed by atoms with Gasteiger partial charge in [0.2, 0.25) is 5.91 Å². The molecule has 0 aliphatic heterocycles. The highest BCUT2D eigenvalue weighted by atomic mass is 16.5. The number of benzene rings is 2. The Bertz CT molecular complexity index is 681. The third-order valence-electron chi connectivity index (χ3n) is 3.59. The van der Waals surface area contributed by atoms with Gasteiger partial charge in [0.1, 0.15) is 5.75 Å². The smallest absolute Gasteiger partial charge is 0.243 e. The lowest BCUT2D eigenvalue weighted by Gasteiger charge is -2.12. The fourth-order valence-corrected chi connectivity index (χ4v) is 2.15. The molecular formula is C18H22N2O2. The van der Waals surface area contributed by atoms with Crippen LogP contribution in [-0.4, -0.2) is 19.6 Å². The average Bonchev–Trinajstić information content (AvgIpc) is 2.49. The number of methoxy groups -OCH3 is 1. The number of hydrogen-bond donors (Lipinski definition) is 2. The van der Waals surface area contributed by atoms with Crippen LogP contribution in [0.15, 0.2) is 36.4 Å². The van der Waals surface area contributed by atoms with Crippen molar-refractivity contribution in [2.75, 3.05) is 24.3 Å². The summed E-state index contributed by atoms with van der Waals surface area (Å²) in [5, 5.41) is 6.00. The molecule has 1 amide bonds. The molecule has 0 spiro atoms. The monoisotopic (exact) mass is 298 g/mol. The van der Waals surface area contributed by atoms with Crippen LogP contribution in [0.1, 0.15) is 16.7 Å². The van der Waals surface area contributed by atoms with Gasteiger partial charge in [-0.3, -0.25) is 4.79 Å². The number of carbonyl (C=O) groups excluding carboxylic acids is 1. The molecule has 22 heavy (non-hydrogen) atoms. The van der Waals surface area contributed by atoms with Crippen molar-refractivity contribution in [2.24, 2.45) is 0 Å². The summed E-state index contributed by atoms with van der Waals surface area (Å²) in [6, 6.07) is 11.7. The summed E-state index contributed by atoms with van der Waals surface area (Å²) in [7, 11) is 1.59. The van der Waals surface area contributed by atoms with Crippen LogP contribution in [0.2, 0.25) is 0 Å². The molecule has 4 nitrogen and oxygen atoms in total.